The maximum atomic E-state index is 6.10. The van der Waals surface area contributed by atoms with Crippen molar-refractivity contribution in [1.82, 2.24) is 5.32 Å². The minimum absolute atomic E-state index is 0.107. The van der Waals surface area contributed by atoms with E-state index in [4.69, 9.17) is 28.6 Å². The van der Waals surface area contributed by atoms with Gasteiger partial charge in [-0.2, -0.15) is 0 Å². The van der Waals surface area contributed by atoms with Gasteiger partial charge < -0.3 is 15.4 Å². The van der Waals surface area contributed by atoms with Crippen molar-refractivity contribution in [1.29, 1.82) is 0 Å². The Balaban J connectivity index is 1.77. The van der Waals surface area contributed by atoms with Crippen molar-refractivity contribution in [2.45, 2.75) is 38.8 Å². The average molecular weight is 361 g/mol. The van der Waals surface area contributed by atoms with Gasteiger partial charge in [0.2, 0.25) is 0 Å². The molecule has 126 valence electrons. The van der Waals surface area contributed by atoms with E-state index in [-0.39, 0.29) is 11.6 Å². The van der Waals surface area contributed by atoms with Crippen LogP contribution in [0.1, 0.15) is 37.4 Å². The highest BCUT2D eigenvalue weighted by molar-refractivity contribution is 7.80. The molecular formula is C19H21ClN2OS. The minimum atomic E-state index is -0.240. The quantitative estimate of drug-likeness (QED) is 0.718. The minimum Gasteiger partial charge on any atom is -0.487 e. The van der Waals surface area contributed by atoms with Crippen LogP contribution in [0.2, 0.25) is 5.02 Å². The zero-order chi connectivity index (χ0) is 17.3. The highest BCUT2D eigenvalue weighted by atomic mass is 35.5. The monoisotopic (exact) mass is 360 g/mol. The smallest absolute Gasteiger partial charge is 0.171 e. The van der Waals surface area contributed by atoms with E-state index in [2.05, 4.69) is 43.5 Å². The van der Waals surface area contributed by atoms with E-state index in [0.29, 0.717) is 10.1 Å². The van der Waals surface area contributed by atoms with E-state index in [1.165, 1.54) is 5.56 Å². The van der Waals surface area contributed by atoms with Crippen LogP contribution >= 0.6 is 23.8 Å². The van der Waals surface area contributed by atoms with Crippen LogP contribution in [0.5, 0.6) is 5.75 Å². The fourth-order valence-corrected chi connectivity index (χ4v) is 3.35. The second-order valence-electron chi connectivity index (χ2n) is 6.77. The maximum Gasteiger partial charge on any atom is 0.171 e. The first-order chi connectivity index (χ1) is 11.3. The van der Waals surface area contributed by atoms with Crippen molar-refractivity contribution in [3.05, 3.63) is 58.6 Å². The van der Waals surface area contributed by atoms with Crippen molar-refractivity contribution >= 4 is 34.6 Å². The molecule has 1 heterocycles. The maximum absolute atomic E-state index is 6.10. The third-order valence-corrected chi connectivity index (χ3v) is 4.50. The molecule has 1 aliphatic rings. The van der Waals surface area contributed by atoms with Crippen molar-refractivity contribution in [3.8, 4) is 5.75 Å². The van der Waals surface area contributed by atoms with Crippen LogP contribution in [-0.4, -0.2) is 10.7 Å². The zero-order valence-corrected chi connectivity index (χ0v) is 15.6. The molecule has 2 aromatic carbocycles. The molecule has 0 saturated heterocycles. The topological polar surface area (TPSA) is 33.3 Å². The number of benzene rings is 2. The summed E-state index contributed by atoms with van der Waals surface area (Å²) < 4.78 is 6.10. The van der Waals surface area contributed by atoms with Gasteiger partial charge in [-0.15, -0.1) is 0 Å². The molecule has 0 saturated carbocycles. The largest absolute Gasteiger partial charge is 0.487 e. The number of anilines is 1. The average Bonchev–Trinajstić information content (AvgIpc) is 2.49. The Morgan fingerprint density at radius 1 is 1.21 bits per heavy atom. The van der Waals surface area contributed by atoms with Crippen LogP contribution in [-0.2, 0) is 0 Å². The van der Waals surface area contributed by atoms with Gasteiger partial charge in [-0.05, 0) is 63.3 Å². The van der Waals surface area contributed by atoms with E-state index < -0.39 is 0 Å². The summed E-state index contributed by atoms with van der Waals surface area (Å²) in [4.78, 5) is 0. The summed E-state index contributed by atoms with van der Waals surface area (Å²) >= 11 is 11.4. The molecule has 0 radical (unpaired) electrons. The van der Waals surface area contributed by atoms with E-state index in [0.717, 1.165) is 23.4 Å². The molecule has 0 amide bonds. The highest BCUT2D eigenvalue weighted by Crippen LogP contribution is 2.39. The predicted octanol–water partition coefficient (Wildman–Crippen LogP) is 5.24. The van der Waals surface area contributed by atoms with Gasteiger partial charge in [0.1, 0.15) is 11.4 Å². The Labute approximate surface area is 153 Å². The lowest BCUT2D eigenvalue weighted by molar-refractivity contribution is 0.0696. The van der Waals surface area contributed by atoms with Gasteiger partial charge in [-0.25, -0.2) is 0 Å². The number of hydrogen-bond donors (Lipinski definition) is 2. The number of hydrogen-bond acceptors (Lipinski definition) is 2. The van der Waals surface area contributed by atoms with E-state index in [9.17, 15) is 0 Å². The van der Waals surface area contributed by atoms with Crippen molar-refractivity contribution in [2.75, 3.05) is 5.32 Å². The Kier molecular flexibility index (Phi) is 4.70. The molecule has 0 aliphatic carbocycles. The van der Waals surface area contributed by atoms with Gasteiger partial charge in [0.15, 0.2) is 5.11 Å². The Morgan fingerprint density at radius 2 is 1.92 bits per heavy atom. The summed E-state index contributed by atoms with van der Waals surface area (Å²) in [6.45, 7) is 6.28. The van der Waals surface area contributed by atoms with E-state index >= 15 is 0 Å². The van der Waals surface area contributed by atoms with Crippen LogP contribution in [0.25, 0.3) is 0 Å². The zero-order valence-electron chi connectivity index (χ0n) is 14.0. The standard InChI is InChI=1S/C19H21ClN2OS/c1-12-4-9-17-15(10-12)16(11-19(2,3)23-17)22-18(24)21-14-7-5-13(20)6-8-14/h4-10,16H,11H2,1-3H3,(H2,21,22,24). The predicted molar refractivity (Wildman–Crippen MR) is 104 cm³/mol. The molecule has 1 aliphatic heterocycles. The van der Waals surface area contributed by atoms with Crippen LogP contribution in [0, 0.1) is 6.92 Å². The lowest BCUT2D eigenvalue weighted by Crippen LogP contribution is -2.42. The molecule has 3 rings (SSSR count). The third kappa shape index (κ3) is 4.00. The summed E-state index contributed by atoms with van der Waals surface area (Å²) in [6.07, 6.45) is 0.839. The fourth-order valence-electron chi connectivity index (χ4n) is 2.96. The second-order valence-corrected chi connectivity index (χ2v) is 7.61. The molecule has 1 unspecified atom stereocenters. The SMILES string of the molecule is Cc1ccc2c(c1)C(NC(=S)Nc1ccc(Cl)cc1)CC(C)(C)O2. The molecule has 0 aromatic heterocycles. The van der Waals surface area contributed by atoms with Crippen LogP contribution in [0.15, 0.2) is 42.5 Å². The van der Waals surface area contributed by atoms with Crippen LogP contribution in [0.4, 0.5) is 5.69 Å². The van der Waals surface area contributed by atoms with Gasteiger partial charge in [-0.3, -0.25) is 0 Å². The van der Waals surface area contributed by atoms with Gasteiger partial charge in [0.25, 0.3) is 0 Å². The van der Waals surface area contributed by atoms with E-state index in [1.807, 2.05) is 30.3 Å². The molecule has 0 bridgehead atoms. The lowest BCUT2D eigenvalue weighted by atomic mass is 9.89. The van der Waals surface area contributed by atoms with Gasteiger partial charge in [0, 0.05) is 22.7 Å². The van der Waals surface area contributed by atoms with Gasteiger partial charge in [0.05, 0.1) is 6.04 Å². The van der Waals surface area contributed by atoms with Gasteiger partial charge in [-0.1, -0.05) is 29.3 Å². The molecular weight excluding hydrogens is 340 g/mol. The number of fused-ring (bicyclic) bond motifs is 1. The summed E-state index contributed by atoms with van der Waals surface area (Å²) in [5.41, 5.74) is 3.03. The Bertz CT molecular complexity index is 758. The molecule has 0 fully saturated rings. The summed E-state index contributed by atoms with van der Waals surface area (Å²) in [5.74, 6) is 0.920. The van der Waals surface area contributed by atoms with Crippen LogP contribution in [0.3, 0.4) is 0 Å². The number of halogens is 1. The number of aryl methyl sites for hydroxylation is 1. The fraction of sp³-hybridized carbons (Fsp3) is 0.316. The molecule has 1 atom stereocenters. The van der Waals surface area contributed by atoms with Crippen molar-refractivity contribution in [2.24, 2.45) is 0 Å². The van der Waals surface area contributed by atoms with Crippen LogP contribution < -0.4 is 15.4 Å². The molecule has 2 N–H and O–H groups in total. The number of thiocarbonyl (C=S) groups is 1. The summed E-state index contributed by atoms with van der Waals surface area (Å²) in [5, 5.41) is 7.93. The Morgan fingerprint density at radius 3 is 2.62 bits per heavy atom. The lowest BCUT2D eigenvalue weighted by Gasteiger charge is -2.38. The number of nitrogens with one attached hydrogen (secondary N) is 2. The second kappa shape index (κ2) is 6.61. The molecule has 24 heavy (non-hydrogen) atoms. The normalized spacial score (nSPS) is 18.2. The molecule has 2 aromatic rings. The molecule has 0 spiro atoms. The van der Waals surface area contributed by atoms with Crippen molar-refractivity contribution < 1.29 is 4.74 Å². The van der Waals surface area contributed by atoms with Crippen molar-refractivity contribution in [3.63, 3.8) is 0 Å². The third-order valence-electron chi connectivity index (χ3n) is 4.03. The first-order valence-electron chi connectivity index (χ1n) is 7.95. The van der Waals surface area contributed by atoms with Gasteiger partial charge >= 0.3 is 0 Å². The molecule has 5 heteroatoms. The van der Waals surface area contributed by atoms with E-state index in [1.54, 1.807) is 0 Å². The Hall–Kier alpha value is -1.78. The molecule has 3 nitrogen and oxygen atoms in total. The number of ether oxygens (including phenoxy) is 1. The summed E-state index contributed by atoms with van der Waals surface area (Å²) in [6, 6.07) is 13.9. The summed E-state index contributed by atoms with van der Waals surface area (Å²) in [7, 11) is 0. The number of rotatable bonds is 2. The highest BCUT2D eigenvalue weighted by Gasteiger charge is 2.34. The first kappa shape index (κ1) is 17.1. The first-order valence-corrected chi connectivity index (χ1v) is 8.74.